The van der Waals surface area contributed by atoms with E-state index in [1.807, 2.05) is 0 Å². The quantitative estimate of drug-likeness (QED) is 0.644. The highest BCUT2D eigenvalue weighted by molar-refractivity contribution is 4.83. The van der Waals surface area contributed by atoms with Crippen molar-refractivity contribution in [3.05, 3.63) is 0 Å². The van der Waals surface area contributed by atoms with E-state index in [-0.39, 0.29) is 0 Å². The highest BCUT2D eigenvalue weighted by Gasteiger charge is 2.25. The van der Waals surface area contributed by atoms with Crippen LogP contribution in [0.3, 0.4) is 0 Å². The molecule has 3 aliphatic heterocycles. The molecule has 0 radical (unpaired) electrons. The number of rotatable bonds is 4. The van der Waals surface area contributed by atoms with Gasteiger partial charge in [-0.3, -0.25) is 0 Å². The molecule has 0 atom stereocenters. The van der Waals surface area contributed by atoms with Crippen molar-refractivity contribution in [2.45, 2.75) is 0 Å². The molecule has 3 heterocycles. The molecule has 0 aromatic heterocycles. The lowest BCUT2D eigenvalue weighted by Gasteiger charge is -2.41. The highest BCUT2D eigenvalue weighted by atomic mass is 15.3. The standard InChI is InChI=1S/C12H24N4/c1-2-16(10-12-7-14-8-12)4-3-15(1)9-11-5-13-6-11/h11-14H,1-10H2. The zero-order chi connectivity index (χ0) is 10.8. The molecule has 3 fully saturated rings. The first kappa shape index (κ1) is 11.0. The van der Waals surface area contributed by atoms with Gasteiger partial charge in [0.15, 0.2) is 0 Å². The normalized spacial score (nSPS) is 30.0. The zero-order valence-corrected chi connectivity index (χ0v) is 10.1. The molecule has 92 valence electrons. The molecular formula is C12H24N4. The van der Waals surface area contributed by atoms with E-state index in [4.69, 9.17) is 0 Å². The van der Waals surface area contributed by atoms with Crippen molar-refractivity contribution in [1.82, 2.24) is 20.4 Å². The van der Waals surface area contributed by atoms with Gasteiger partial charge in [-0.05, 0) is 11.8 Å². The van der Waals surface area contributed by atoms with E-state index < -0.39 is 0 Å². The SMILES string of the molecule is C1NCC1CN1CCN(CC2CNC2)CC1. The molecule has 0 saturated carbocycles. The van der Waals surface area contributed by atoms with Crippen LogP contribution in [0, 0.1) is 11.8 Å². The van der Waals surface area contributed by atoms with Crippen LogP contribution in [0.4, 0.5) is 0 Å². The summed E-state index contributed by atoms with van der Waals surface area (Å²) in [5, 5.41) is 6.71. The van der Waals surface area contributed by atoms with Crippen LogP contribution in [0.2, 0.25) is 0 Å². The number of nitrogens with zero attached hydrogens (tertiary/aromatic N) is 2. The predicted molar refractivity (Wildman–Crippen MR) is 65.6 cm³/mol. The topological polar surface area (TPSA) is 30.5 Å². The summed E-state index contributed by atoms with van der Waals surface area (Å²) >= 11 is 0. The van der Waals surface area contributed by atoms with Crippen LogP contribution in [0.1, 0.15) is 0 Å². The summed E-state index contributed by atoms with van der Waals surface area (Å²) in [5.74, 6) is 1.87. The lowest BCUT2D eigenvalue weighted by Crippen LogP contribution is -2.55. The maximum atomic E-state index is 3.36. The lowest BCUT2D eigenvalue weighted by atomic mass is 10.0. The summed E-state index contributed by atoms with van der Waals surface area (Å²) in [5.41, 5.74) is 0. The molecule has 2 N–H and O–H groups in total. The van der Waals surface area contributed by atoms with E-state index >= 15 is 0 Å². The first-order valence-electron chi connectivity index (χ1n) is 6.76. The molecule has 4 heteroatoms. The maximum absolute atomic E-state index is 3.36. The van der Waals surface area contributed by atoms with Gasteiger partial charge in [0, 0.05) is 65.4 Å². The lowest BCUT2D eigenvalue weighted by molar-refractivity contribution is 0.0884. The third kappa shape index (κ3) is 2.56. The molecule has 4 nitrogen and oxygen atoms in total. The fraction of sp³-hybridized carbons (Fsp3) is 1.00. The average molecular weight is 224 g/mol. The van der Waals surface area contributed by atoms with Gasteiger partial charge in [0.1, 0.15) is 0 Å². The second-order valence-electron chi connectivity index (χ2n) is 5.65. The van der Waals surface area contributed by atoms with Crippen molar-refractivity contribution in [3.63, 3.8) is 0 Å². The minimum atomic E-state index is 0.933. The Bertz CT molecular complexity index is 193. The van der Waals surface area contributed by atoms with E-state index in [0.29, 0.717) is 0 Å². The van der Waals surface area contributed by atoms with Crippen LogP contribution in [0.25, 0.3) is 0 Å². The Morgan fingerprint density at radius 2 is 1.06 bits per heavy atom. The molecule has 0 aromatic carbocycles. The molecule has 16 heavy (non-hydrogen) atoms. The van der Waals surface area contributed by atoms with Gasteiger partial charge in [0.25, 0.3) is 0 Å². The van der Waals surface area contributed by atoms with Crippen LogP contribution in [0.15, 0.2) is 0 Å². The van der Waals surface area contributed by atoms with E-state index in [2.05, 4.69) is 20.4 Å². The second kappa shape index (κ2) is 5.00. The van der Waals surface area contributed by atoms with Gasteiger partial charge in [-0.25, -0.2) is 0 Å². The predicted octanol–water partition coefficient (Wildman–Crippen LogP) is -0.957. The van der Waals surface area contributed by atoms with Crippen molar-refractivity contribution < 1.29 is 0 Å². The molecule has 0 aliphatic carbocycles. The Morgan fingerprint density at radius 1 is 0.688 bits per heavy atom. The number of nitrogens with one attached hydrogen (secondary N) is 2. The number of piperazine rings is 1. The molecule has 3 saturated heterocycles. The summed E-state index contributed by atoms with van der Waals surface area (Å²) in [7, 11) is 0. The third-order valence-electron chi connectivity index (χ3n) is 4.23. The van der Waals surface area contributed by atoms with Gasteiger partial charge in [0.05, 0.1) is 0 Å². The van der Waals surface area contributed by atoms with Crippen molar-refractivity contribution >= 4 is 0 Å². The second-order valence-corrected chi connectivity index (χ2v) is 5.65. The first-order chi connectivity index (χ1) is 7.90. The Hall–Kier alpha value is -0.160. The fourth-order valence-electron chi connectivity index (χ4n) is 2.84. The number of hydrogen-bond donors (Lipinski definition) is 2. The van der Waals surface area contributed by atoms with Gasteiger partial charge >= 0.3 is 0 Å². The summed E-state index contributed by atoms with van der Waals surface area (Å²) < 4.78 is 0. The fourth-order valence-corrected chi connectivity index (χ4v) is 2.84. The van der Waals surface area contributed by atoms with E-state index in [1.54, 1.807) is 0 Å². The Morgan fingerprint density at radius 3 is 1.31 bits per heavy atom. The monoisotopic (exact) mass is 224 g/mol. The van der Waals surface area contributed by atoms with Crippen LogP contribution in [0.5, 0.6) is 0 Å². The van der Waals surface area contributed by atoms with Crippen molar-refractivity contribution in [1.29, 1.82) is 0 Å². The van der Waals surface area contributed by atoms with E-state index in [9.17, 15) is 0 Å². The Kier molecular flexibility index (Phi) is 3.43. The largest absolute Gasteiger partial charge is 0.316 e. The molecule has 0 aromatic rings. The minimum Gasteiger partial charge on any atom is -0.316 e. The number of hydrogen-bond acceptors (Lipinski definition) is 4. The van der Waals surface area contributed by atoms with Crippen LogP contribution in [-0.2, 0) is 0 Å². The van der Waals surface area contributed by atoms with Gasteiger partial charge in [-0.2, -0.15) is 0 Å². The molecule has 0 unspecified atom stereocenters. The molecule has 3 rings (SSSR count). The molecule has 3 aliphatic rings. The van der Waals surface area contributed by atoms with Gasteiger partial charge in [0.2, 0.25) is 0 Å². The average Bonchev–Trinajstić information content (AvgIpc) is 2.19. The van der Waals surface area contributed by atoms with Crippen LogP contribution < -0.4 is 10.6 Å². The van der Waals surface area contributed by atoms with E-state index in [1.165, 1.54) is 65.4 Å². The van der Waals surface area contributed by atoms with E-state index in [0.717, 1.165) is 11.8 Å². The molecule has 0 spiro atoms. The van der Waals surface area contributed by atoms with Gasteiger partial charge in [-0.15, -0.1) is 0 Å². The summed E-state index contributed by atoms with van der Waals surface area (Å²) in [6.45, 7) is 12.8. The van der Waals surface area contributed by atoms with Gasteiger partial charge in [-0.1, -0.05) is 0 Å². The van der Waals surface area contributed by atoms with Crippen LogP contribution >= 0.6 is 0 Å². The Labute approximate surface area is 98.4 Å². The van der Waals surface area contributed by atoms with Crippen molar-refractivity contribution in [3.8, 4) is 0 Å². The molecular weight excluding hydrogens is 200 g/mol. The maximum Gasteiger partial charge on any atom is 0.0110 e. The summed E-state index contributed by atoms with van der Waals surface area (Å²) in [4.78, 5) is 5.31. The van der Waals surface area contributed by atoms with Crippen molar-refractivity contribution in [2.24, 2.45) is 11.8 Å². The van der Waals surface area contributed by atoms with Crippen molar-refractivity contribution in [2.75, 3.05) is 65.4 Å². The first-order valence-corrected chi connectivity index (χ1v) is 6.76. The summed E-state index contributed by atoms with van der Waals surface area (Å²) in [6.07, 6.45) is 0. The Balaban J connectivity index is 1.34. The van der Waals surface area contributed by atoms with Crippen LogP contribution in [-0.4, -0.2) is 75.2 Å². The molecule has 0 bridgehead atoms. The zero-order valence-electron chi connectivity index (χ0n) is 10.1. The minimum absolute atomic E-state index is 0.933. The molecule has 0 amide bonds. The highest BCUT2D eigenvalue weighted by Crippen LogP contribution is 2.11. The van der Waals surface area contributed by atoms with Gasteiger partial charge < -0.3 is 20.4 Å². The smallest absolute Gasteiger partial charge is 0.0110 e. The third-order valence-corrected chi connectivity index (χ3v) is 4.23. The summed E-state index contributed by atoms with van der Waals surface area (Å²) in [6, 6.07) is 0.